The molecule has 2 aromatic carbocycles. The largest absolute Gasteiger partial charge is 0.331 e. The quantitative estimate of drug-likeness (QED) is 0.802. The van der Waals surface area contributed by atoms with Crippen molar-refractivity contribution in [3.05, 3.63) is 76.4 Å². The van der Waals surface area contributed by atoms with Crippen LogP contribution in [0, 0.1) is 0 Å². The number of carbonyl (C=O) groups excluding carboxylic acids is 1. The van der Waals surface area contributed by atoms with Gasteiger partial charge in [0.05, 0.1) is 6.04 Å². The van der Waals surface area contributed by atoms with E-state index in [2.05, 4.69) is 29.7 Å². The van der Waals surface area contributed by atoms with Crippen molar-refractivity contribution in [2.24, 2.45) is 0 Å². The van der Waals surface area contributed by atoms with Gasteiger partial charge < -0.3 is 10.6 Å². The van der Waals surface area contributed by atoms with Crippen LogP contribution in [0.1, 0.15) is 36.6 Å². The van der Waals surface area contributed by atoms with Crippen molar-refractivity contribution in [2.45, 2.75) is 26.3 Å². The topological polar surface area (TPSA) is 41.1 Å². The number of urea groups is 1. The van der Waals surface area contributed by atoms with E-state index < -0.39 is 0 Å². The molecule has 2 aromatic rings. The highest BCUT2D eigenvalue weighted by molar-refractivity contribution is 6.30. The summed E-state index contributed by atoms with van der Waals surface area (Å²) in [5.74, 6) is 0. The second-order valence-electron chi connectivity index (χ2n) is 5.32. The summed E-state index contributed by atoms with van der Waals surface area (Å²) in [5.41, 5.74) is 3.30. The first kappa shape index (κ1) is 17.1. The Balaban J connectivity index is 1.86. The molecule has 0 aliphatic carbocycles. The second-order valence-corrected chi connectivity index (χ2v) is 5.76. The van der Waals surface area contributed by atoms with E-state index in [0.717, 1.165) is 17.5 Å². The van der Waals surface area contributed by atoms with E-state index in [-0.39, 0.29) is 12.1 Å². The van der Waals surface area contributed by atoms with Crippen LogP contribution in [-0.2, 0) is 6.42 Å². The predicted molar refractivity (Wildman–Crippen MR) is 96.4 cm³/mol. The van der Waals surface area contributed by atoms with Crippen LogP contribution in [-0.4, -0.2) is 6.03 Å². The number of carbonyl (C=O) groups is 1. The lowest BCUT2D eigenvalue weighted by molar-refractivity contribution is 0.241. The van der Waals surface area contributed by atoms with E-state index in [1.54, 1.807) is 12.3 Å². The summed E-state index contributed by atoms with van der Waals surface area (Å²) in [6, 6.07) is 15.4. The molecule has 2 rings (SSSR count). The van der Waals surface area contributed by atoms with Gasteiger partial charge in [-0.3, -0.25) is 0 Å². The average Bonchev–Trinajstić information content (AvgIpc) is 2.55. The van der Waals surface area contributed by atoms with Crippen LogP contribution in [0.15, 0.2) is 54.7 Å². The zero-order valence-corrected chi connectivity index (χ0v) is 14.1. The lowest BCUT2D eigenvalue weighted by atomic mass is 10.1. The molecule has 0 radical (unpaired) electrons. The SMILES string of the molecule is CCc1ccc(C(C)NC(=O)N/C=C/c2cccc(Cl)c2)cc1. The van der Waals surface area contributed by atoms with Crippen LogP contribution < -0.4 is 10.6 Å². The third-order valence-electron chi connectivity index (χ3n) is 3.57. The lowest BCUT2D eigenvalue weighted by Crippen LogP contribution is -2.34. The van der Waals surface area contributed by atoms with Crippen molar-refractivity contribution in [1.29, 1.82) is 0 Å². The van der Waals surface area contributed by atoms with E-state index in [0.29, 0.717) is 5.02 Å². The molecule has 0 fully saturated rings. The number of benzene rings is 2. The van der Waals surface area contributed by atoms with Crippen LogP contribution >= 0.6 is 11.6 Å². The van der Waals surface area contributed by atoms with Crippen molar-refractivity contribution in [3.63, 3.8) is 0 Å². The molecule has 0 saturated carbocycles. The van der Waals surface area contributed by atoms with Crippen molar-refractivity contribution >= 4 is 23.7 Å². The molecule has 0 bridgehead atoms. The summed E-state index contributed by atoms with van der Waals surface area (Å²) in [6.45, 7) is 4.08. The standard InChI is InChI=1S/C19H21ClN2O/c1-3-15-7-9-17(10-8-15)14(2)22-19(23)21-12-11-16-5-4-6-18(20)13-16/h4-14H,3H2,1-2H3,(H2,21,22,23)/b12-11+. The zero-order valence-electron chi connectivity index (χ0n) is 13.3. The maximum Gasteiger partial charge on any atom is 0.319 e. The highest BCUT2D eigenvalue weighted by atomic mass is 35.5. The van der Waals surface area contributed by atoms with E-state index in [9.17, 15) is 4.79 Å². The van der Waals surface area contributed by atoms with Gasteiger partial charge in [0.25, 0.3) is 0 Å². The normalized spacial score (nSPS) is 12.1. The molecular formula is C19H21ClN2O. The molecule has 3 nitrogen and oxygen atoms in total. The van der Waals surface area contributed by atoms with Gasteiger partial charge in [0.15, 0.2) is 0 Å². The molecule has 0 aliphatic rings. The van der Waals surface area contributed by atoms with E-state index in [1.165, 1.54) is 5.56 Å². The first-order chi connectivity index (χ1) is 11.1. The van der Waals surface area contributed by atoms with E-state index >= 15 is 0 Å². The van der Waals surface area contributed by atoms with Crippen LogP contribution in [0.25, 0.3) is 6.08 Å². The van der Waals surface area contributed by atoms with Gasteiger partial charge in [-0.2, -0.15) is 0 Å². The van der Waals surface area contributed by atoms with Gasteiger partial charge in [0.1, 0.15) is 0 Å². The Hall–Kier alpha value is -2.26. The summed E-state index contributed by atoms with van der Waals surface area (Å²) in [6.07, 6.45) is 4.41. The molecule has 0 aliphatic heterocycles. The molecule has 0 spiro atoms. The molecular weight excluding hydrogens is 308 g/mol. The molecule has 0 heterocycles. The number of halogens is 1. The minimum Gasteiger partial charge on any atom is -0.331 e. The van der Waals surface area contributed by atoms with E-state index in [4.69, 9.17) is 11.6 Å². The highest BCUT2D eigenvalue weighted by Crippen LogP contribution is 2.14. The predicted octanol–water partition coefficient (Wildman–Crippen LogP) is 4.93. The number of rotatable bonds is 5. The maximum atomic E-state index is 11.9. The summed E-state index contributed by atoms with van der Waals surface area (Å²) in [5, 5.41) is 6.27. The van der Waals surface area contributed by atoms with Crippen molar-refractivity contribution < 1.29 is 4.79 Å². The Morgan fingerprint density at radius 1 is 1.22 bits per heavy atom. The minimum absolute atomic E-state index is 0.0551. The van der Waals surface area contributed by atoms with Gasteiger partial charge in [-0.15, -0.1) is 0 Å². The highest BCUT2D eigenvalue weighted by Gasteiger charge is 2.07. The van der Waals surface area contributed by atoms with Gasteiger partial charge in [0.2, 0.25) is 0 Å². The number of nitrogens with one attached hydrogen (secondary N) is 2. The van der Waals surface area contributed by atoms with Crippen molar-refractivity contribution in [1.82, 2.24) is 10.6 Å². The smallest absolute Gasteiger partial charge is 0.319 e. The molecule has 2 N–H and O–H groups in total. The molecule has 4 heteroatoms. The van der Waals surface area contributed by atoms with Crippen molar-refractivity contribution in [2.75, 3.05) is 0 Å². The van der Waals surface area contributed by atoms with E-state index in [1.807, 2.05) is 43.3 Å². The van der Waals surface area contributed by atoms with Gasteiger partial charge in [-0.25, -0.2) is 4.79 Å². The Labute approximate surface area is 142 Å². The van der Waals surface area contributed by atoms with Gasteiger partial charge >= 0.3 is 6.03 Å². The number of hydrogen-bond donors (Lipinski definition) is 2. The summed E-state index contributed by atoms with van der Waals surface area (Å²) in [7, 11) is 0. The molecule has 120 valence electrons. The van der Waals surface area contributed by atoms with Crippen LogP contribution in [0.3, 0.4) is 0 Å². The van der Waals surface area contributed by atoms with Gasteiger partial charge in [-0.1, -0.05) is 54.9 Å². The summed E-state index contributed by atoms with van der Waals surface area (Å²) >= 11 is 5.91. The fraction of sp³-hybridized carbons (Fsp3) is 0.211. The first-order valence-corrected chi connectivity index (χ1v) is 8.04. The number of aryl methyl sites for hydroxylation is 1. The lowest BCUT2D eigenvalue weighted by Gasteiger charge is -2.14. The van der Waals surface area contributed by atoms with Gasteiger partial charge in [-0.05, 0) is 48.2 Å². The van der Waals surface area contributed by atoms with Crippen LogP contribution in [0.2, 0.25) is 5.02 Å². The van der Waals surface area contributed by atoms with Crippen molar-refractivity contribution in [3.8, 4) is 0 Å². The fourth-order valence-corrected chi connectivity index (χ4v) is 2.39. The Morgan fingerprint density at radius 3 is 2.61 bits per heavy atom. The first-order valence-electron chi connectivity index (χ1n) is 7.66. The Bertz CT molecular complexity index is 680. The second kappa shape index (κ2) is 8.39. The van der Waals surface area contributed by atoms with Crippen LogP contribution in [0.4, 0.5) is 4.79 Å². The summed E-state index contributed by atoms with van der Waals surface area (Å²) < 4.78 is 0. The Morgan fingerprint density at radius 2 is 1.96 bits per heavy atom. The number of amides is 2. The third kappa shape index (κ3) is 5.46. The third-order valence-corrected chi connectivity index (χ3v) is 3.81. The monoisotopic (exact) mass is 328 g/mol. The molecule has 2 amide bonds. The summed E-state index contributed by atoms with van der Waals surface area (Å²) in [4.78, 5) is 11.9. The number of hydrogen-bond acceptors (Lipinski definition) is 1. The molecule has 23 heavy (non-hydrogen) atoms. The molecule has 0 saturated heterocycles. The minimum atomic E-state index is -0.240. The molecule has 1 unspecified atom stereocenters. The average molecular weight is 329 g/mol. The maximum absolute atomic E-state index is 11.9. The zero-order chi connectivity index (χ0) is 16.7. The van der Waals surface area contributed by atoms with Crippen LogP contribution in [0.5, 0.6) is 0 Å². The molecule has 0 aromatic heterocycles. The Kier molecular flexibility index (Phi) is 6.24. The fourth-order valence-electron chi connectivity index (χ4n) is 2.19. The van der Waals surface area contributed by atoms with Gasteiger partial charge in [0, 0.05) is 11.2 Å². The molecule has 1 atom stereocenters.